The first-order valence-electron chi connectivity index (χ1n) is 11.1. The van der Waals surface area contributed by atoms with Crippen LogP contribution in [0.4, 0.5) is 0 Å². The molecule has 0 aliphatic rings. The molecule has 0 heterocycles. The Labute approximate surface area is 222 Å². The smallest absolute Gasteiger partial charge is 0.245 e. The Bertz CT molecular complexity index is 1450. The molecule has 0 spiro atoms. The molecular weight excluding hydrogens is 538 g/mol. The third-order valence-electron chi connectivity index (χ3n) is 5.48. The molecule has 9 nitrogen and oxygen atoms in total. The predicted octanol–water partition coefficient (Wildman–Crippen LogP) is 2.80. The van der Waals surface area contributed by atoms with Crippen LogP contribution in [0.5, 0.6) is 5.75 Å². The molecular formula is C25H28ClN3O6S2. The molecule has 0 aliphatic carbocycles. The molecule has 198 valence electrons. The molecule has 2 N–H and O–H groups in total. The zero-order valence-corrected chi connectivity index (χ0v) is 22.9. The molecule has 1 atom stereocenters. The molecule has 3 rings (SSSR count). The highest BCUT2D eigenvalue weighted by Crippen LogP contribution is 2.27. The number of nitrogens with one attached hydrogen (secondary N) is 2. The van der Waals surface area contributed by atoms with E-state index in [1.165, 1.54) is 51.5 Å². The number of halogens is 1. The molecule has 3 aromatic rings. The van der Waals surface area contributed by atoms with Gasteiger partial charge in [0.15, 0.2) is 0 Å². The normalized spacial score (nSPS) is 12.8. The highest BCUT2D eigenvalue weighted by atomic mass is 35.5. The quantitative estimate of drug-likeness (QED) is 0.369. The Morgan fingerprint density at radius 2 is 1.59 bits per heavy atom. The van der Waals surface area contributed by atoms with Gasteiger partial charge < -0.3 is 10.1 Å². The van der Waals surface area contributed by atoms with Crippen LogP contribution in [0.1, 0.15) is 11.1 Å². The largest absolute Gasteiger partial charge is 0.495 e. The fourth-order valence-corrected chi connectivity index (χ4v) is 5.98. The number of carbonyl (C=O) groups is 1. The van der Waals surface area contributed by atoms with E-state index in [4.69, 9.17) is 16.3 Å². The van der Waals surface area contributed by atoms with Gasteiger partial charge in [-0.2, -0.15) is 4.72 Å². The number of amides is 1. The van der Waals surface area contributed by atoms with Crippen LogP contribution in [0.2, 0.25) is 5.02 Å². The third-order valence-corrected chi connectivity index (χ3v) is 9.04. The number of rotatable bonds is 11. The number of hydrogen-bond donors (Lipinski definition) is 2. The number of carbonyl (C=O) groups excluding carboxylic acids is 1. The van der Waals surface area contributed by atoms with Gasteiger partial charge in [0, 0.05) is 25.7 Å². The summed E-state index contributed by atoms with van der Waals surface area (Å²) in [4.78, 5) is 13.1. The van der Waals surface area contributed by atoms with Gasteiger partial charge in [-0.05, 0) is 47.9 Å². The summed E-state index contributed by atoms with van der Waals surface area (Å²) in [5.74, 6) is -0.470. The van der Waals surface area contributed by atoms with Gasteiger partial charge in [0.1, 0.15) is 16.7 Å². The summed E-state index contributed by atoms with van der Waals surface area (Å²) in [5.41, 5.74) is 1.39. The van der Waals surface area contributed by atoms with Gasteiger partial charge in [0.05, 0.1) is 12.0 Å². The lowest BCUT2D eigenvalue weighted by Gasteiger charge is -2.20. The van der Waals surface area contributed by atoms with Gasteiger partial charge in [-0.3, -0.25) is 4.79 Å². The maximum Gasteiger partial charge on any atom is 0.245 e. The van der Waals surface area contributed by atoms with Crippen LogP contribution in [0.15, 0.2) is 82.6 Å². The van der Waals surface area contributed by atoms with Crippen LogP contribution in [-0.4, -0.2) is 54.3 Å². The number of nitrogens with zero attached hydrogens (tertiary/aromatic N) is 1. The highest BCUT2D eigenvalue weighted by molar-refractivity contribution is 7.89. The van der Waals surface area contributed by atoms with E-state index >= 15 is 0 Å². The molecule has 0 unspecified atom stereocenters. The highest BCUT2D eigenvalue weighted by Gasteiger charge is 2.28. The molecule has 37 heavy (non-hydrogen) atoms. The third kappa shape index (κ3) is 7.30. The molecule has 0 saturated carbocycles. The molecule has 0 radical (unpaired) electrons. The first-order chi connectivity index (χ1) is 17.4. The summed E-state index contributed by atoms with van der Waals surface area (Å²) in [7, 11) is -3.55. The van der Waals surface area contributed by atoms with Gasteiger partial charge in [-0.15, -0.1) is 0 Å². The van der Waals surface area contributed by atoms with Gasteiger partial charge >= 0.3 is 0 Å². The number of sulfonamides is 2. The summed E-state index contributed by atoms with van der Waals surface area (Å²) in [6.45, 7) is 0.0641. The summed E-state index contributed by atoms with van der Waals surface area (Å²) in [6.07, 6.45) is 0.0921. The first-order valence-corrected chi connectivity index (χ1v) is 14.4. The van der Waals surface area contributed by atoms with Gasteiger partial charge in [0.25, 0.3) is 0 Å². The van der Waals surface area contributed by atoms with E-state index in [-0.39, 0.29) is 33.5 Å². The van der Waals surface area contributed by atoms with Crippen molar-refractivity contribution in [1.29, 1.82) is 0 Å². The molecule has 12 heteroatoms. The predicted molar refractivity (Wildman–Crippen MR) is 141 cm³/mol. The van der Waals surface area contributed by atoms with E-state index in [0.717, 1.165) is 9.87 Å². The number of benzene rings is 3. The molecule has 0 aromatic heterocycles. The van der Waals surface area contributed by atoms with Crippen molar-refractivity contribution in [2.75, 3.05) is 21.2 Å². The zero-order valence-electron chi connectivity index (χ0n) is 20.5. The van der Waals surface area contributed by atoms with Crippen molar-refractivity contribution < 1.29 is 26.4 Å². The number of ether oxygens (including phenoxy) is 1. The standard InChI is InChI=1S/C25H28ClN3O6S2/c1-29(2)37(33,34)21-12-9-19(10-13-21)17-27-25(30)22(15-18-7-5-4-6-8-18)28-36(31,32)24-16-20(26)11-14-23(24)35-3/h4-14,16,22,28H,15,17H2,1-3H3,(H,27,30)/t22-/m1/s1. The fourth-order valence-electron chi connectivity index (χ4n) is 3.45. The minimum absolute atomic E-state index is 0.0641. The molecule has 0 bridgehead atoms. The van der Waals surface area contributed by atoms with Crippen molar-refractivity contribution >= 4 is 37.6 Å². The second-order valence-corrected chi connectivity index (χ2v) is 12.6. The second kappa shape index (κ2) is 12.1. The Hall–Kier alpha value is -2.96. The average molecular weight is 566 g/mol. The minimum atomic E-state index is -4.19. The maximum atomic E-state index is 13.2. The van der Waals surface area contributed by atoms with E-state index in [1.54, 1.807) is 36.4 Å². The van der Waals surface area contributed by atoms with Gasteiger partial charge in [-0.25, -0.2) is 21.1 Å². The lowest BCUT2D eigenvalue weighted by atomic mass is 10.1. The molecule has 0 saturated heterocycles. The number of hydrogen-bond acceptors (Lipinski definition) is 6. The van der Waals surface area contributed by atoms with Crippen LogP contribution in [0.25, 0.3) is 0 Å². The molecule has 3 aromatic carbocycles. The lowest BCUT2D eigenvalue weighted by Crippen LogP contribution is -2.47. The summed E-state index contributed by atoms with van der Waals surface area (Å²) in [5, 5.41) is 2.93. The van der Waals surface area contributed by atoms with E-state index in [0.29, 0.717) is 5.56 Å². The Kier molecular flexibility index (Phi) is 9.32. The zero-order chi connectivity index (χ0) is 27.2. The van der Waals surface area contributed by atoms with Crippen molar-refractivity contribution in [2.45, 2.75) is 28.8 Å². The number of methoxy groups -OCH3 is 1. The maximum absolute atomic E-state index is 13.2. The Morgan fingerprint density at radius 3 is 2.19 bits per heavy atom. The summed E-state index contributed by atoms with van der Waals surface area (Å²) in [6, 6.07) is 18.1. The van der Waals surface area contributed by atoms with Crippen molar-refractivity contribution in [3.8, 4) is 5.75 Å². The van der Waals surface area contributed by atoms with Crippen LogP contribution in [0.3, 0.4) is 0 Å². The average Bonchev–Trinajstić information content (AvgIpc) is 2.87. The van der Waals surface area contributed by atoms with Gasteiger partial charge in [-0.1, -0.05) is 54.1 Å². The molecule has 0 aliphatic heterocycles. The first kappa shape index (κ1) is 28.6. The van der Waals surface area contributed by atoms with E-state index in [1.807, 2.05) is 6.07 Å². The van der Waals surface area contributed by atoms with E-state index < -0.39 is 32.0 Å². The van der Waals surface area contributed by atoms with Crippen LogP contribution >= 0.6 is 11.6 Å². The van der Waals surface area contributed by atoms with Crippen LogP contribution < -0.4 is 14.8 Å². The van der Waals surface area contributed by atoms with Crippen molar-refractivity contribution in [3.63, 3.8) is 0 Å². The summed E-state index contributed by atoms with van der Waals surface area (Å²) >= 11 is 6.02. The topological polar surface area (TPSA) is 122 Å². The minimum Gasteiger partial charge on any atom is -0.495 e. The molecule has 1 amide bonds. The fraction of sp³-hybridized carbons (Fsp3) is 0.240. The SMILES string of the molecule is COc1ccc(Cl)cc1S(=O)(=O)N[C@H](Cc1ccccc1)C(=O)NCc1ccc(S(=O)(=O)N(C)C)cc1. The Balaban J connectivity index is 1.81. The van der Waals surface area contributed by atoms with Crippen molar-refractivity contribution in [2.24, 2.45) is 0 Å². The van der Waals surface area contributed by atoms with Crippen LogP contribution in [0, 0.1) is 0 Å². The van der Waals surface area contributed by atoms with Crippen molar-refractivity contribution in [1.82, 2.24) is 14.3 Å². The lowest BCUT2D eigenvalue weighted by molar-refractivity contribution is -0.122. The van der Waals surface area contributed by atoms with Crippen LogP contribution in [-0.2, 0) is 37.8 Å². The van der Waals surface area contributed by atoms with E-state index in [2.05, 4.69) is 10.0 Å². The Morgan fingerprint density at radius 1 is 0.946 bits per heavy atom. The molecule has 0 fully saturated rings. The van der Waals surface area contributed by atoms with E-state index in [9.17, 15) is 21.6 Å². The monoisotopic (exact) mass is 565 g/mol. The van der Waals surface area contributed by atoms with Crippen molar-refractivity contribution in [3.05, 3.63) is 88.9 Å². The second-order valence-electron chi connectivity index (χ2n) is 8.31. The summed E-state index contributed by atoms with van der Waals surface area (Å²) < 4.78 is 59.8. The van der Waals surface area contributed by atoms with Gasteiger partial charge in [0.2, 0.25) is 26.0 Å².